The second-order valence-electron chi connectivity index (χ2n) is 2.84. The Morgan fingerprint density at radius 3 is 2.07 bits per heavy atom. The molecule has 84 valence electrons. The number of hydrogen-bond acceptors (Lipinski definition) is 2. The Kier molecular flexibility index (Phi) is 3.35. The van der Waals surface area contributed by atoms with Gasteiger partial charge in [-0.3, -0.25) is 0 Å². The van der Waals surface area contributed by atoms with Crippen molar-refractivity contribution in [1.29, 1.82) is 0 Å². The molecule has 0 amide bonds. The van der Waals surface area contributed by atoms with E-state index in [1.807, 2.05) is 4.72 Å². The molecule has 0 aromatic heterocycles. The lowest BCUT2D eigenvalue weighted by molar-refractivity contribution is 0.445. The van der Waals surface area contributed by atoms with Crippen LogP contribution in [0.15, 0.2) is 12.1 Å². The van der Waals surface area contributed by atoms with Crippen molar-refractivity contribution in [3.63, 3.8) is 0 Å². The highest BCUT2D eigenvalue weighted by molar-refractivity contribution is 7.88. The highest BCUT2D eigenvalue weighted by Gasteiger charge is 2.14. The quantitative estimate of drug-likeness (QED) is 0.804. The van der Waals surface area contributed by atoms with E-state index in [2.05, 4.69) is 0 Å². The van der Waals surface area contributed by atoms with Gasteiger partial charge in [0.2, 0.25) is 10.0 Å². The Morgan fingerprint density at radius 1 is 1.20 bits per heavy atom. The Balaban J connectivity index is 3.08. The monoisotopic (exact) mass is 239 g/mol. The molecule has 0 radical (unpaired) electrons. The maximum absolute atomic E-state index is 12.7. The molecule has 15 heavy (non-hydrogen) atoms. The van der Waals surface area contributed by atoms with E-state index in [9.17, 15) is 21.6 Å². The van der Waals surface area contributed by atoms with Gasteiger partial charge in [0.1, 0.15) is 0 Å². The molecule has 0 saturated heterocycles. The predicted octanol–water partition coefficient (Wildman–Crippen LogP) is 1.15. The minimum Gasteiger partial charge on any atom is -0.218 e. The Labute approximate surface area is 85.0 Å². The molecule has 0 bridgehead atoms. The van der Waals surface area contributed by atoms with E-state index in [4.69, 9.17) is 0 Å². The fraction of sp³-hybridized carbons (Fsp3) is 0.250. The molecule has 0 aliphatic rings. The smallest absolute Gasteiger partial charge is 0.215 e. The summed E-state index contributed by atoms with van der Waals surface area (Å²) in [5, 5.41) is 0. The molecule has 0 unspecified atom stereocenters. The van der Waals surface area contributed by atoms with Gasteiger partial charge in [-0.05, 0) is 24.7 Å². The van der Waals surface area contributed by atoms with Crippen LogP contribution in [0.4, 0.5) is 13.2 Å². The second kappa shape index (κ2) is 4.19. The second-order valence-corrected chi connectivity index (χ2v) is 4.76. The number of halogens is 3. The molecular formula is C8H8F3NO2S. The van der Waals surface area contributed by atoms with Gasteiger partial charge in [-0.15, -0.1) is 0 Å². The zero-order valence-electron chi connectivity index (χ0n) is 7.72. The van der Waals surface area contributed by atoms with Gasteiger partial charge in [0.15, 0.2) is 17.5 Å². The molecule has 0 atom stereocenters. The van der Waals surface area contributed by atoms with Crippen molar-refractivity contribution in [3.05, 3.63) is 35.1 Å². The van der Waals surface area contributed by atoms with Gasteiger partial charge in [-0.2, -0.15) is 0 Å². The molecule has 1 N–H and O–H groups in total. The van der Waals surface area contributed by atoms with Crippen LogP contribution in [0.5, 0.6) is 0 Å². The van der Waals surface area contributed by atoms with Gasteiger partial charge in [0.05, 0.1) is 5.75 Å². The van der Waals surface area contributed by atoms with E-state index in [-0.39, 0.29) is 5.56 Å². The number of sulfonamides is 1. The highest BCUT2D eigenvalue weighted by atomic mass is 32.2. The summed E-state index contributed by atoms with van der Waals surface area (Å²) in [6, 6.07) is 1.29. The van der Waals surface area contributed by atoms with E-state index in [0.29, 0.717) is 12.1 Å². The topological polar surface area (TPSA) is 46.2 Å². The molecule has 1 rings (SSSR count). The van der Waals surface area contributed by atoms with E-state index < -0.39 is 33.2 Å². The molecule has 1 aromatic carbocycles. The highest BCUT2D eigenvalue weighted by Crippen LogP contribution is 2.15. The minimum absolute atomic E-state index is 0.152. The summed E-state index contributed by atoms with van der Waals surface area (Å²) < 4.78 is 61.9. The van der Waals surface area contributed by atoms with E-state index in [0.717, 1.165) is 0 Å². The normalized spacial score (nSPS) is 11.7. The van der Waals surface area contributed by atoms with Crippen molar-refractivity contribution in [3.8, 4) is 0 Å². The SMILES string of the molecule is CNS(=O)(=O)Cc1cc(F)c(F)c(F)c1. The van der Waals surface area contributed by atoms with Crippen molar-refractivity contribution in [2.45, 2.75) is 5.75 Å². The molecule has 0 spiro atoms. The van der Waals surface area contributed by atoms with Crippen LogP contribution in [-0.2, 0) is 15.8 Å². The zero-order valence-corrected chi connectivity index (χ0v) is 8.54. The first kappa shape index (κ1) is 12.0. The summed E-state index contributed by atoms with van der Waals surface area (Å²) >= 11 is 0. The summed E-state index contributed by atoms with van der Waals surface area (Å²) in [5.41, 5.74) is -0.152. The maximum Gasteiger partial charge on any atom is 0.215 e. The van der Waals surface area contributed by atoms with Crippen LogP contribution >= 0.6 is 0 Å². The van der Waals surface area contributed by atoms with Crippen LogP contribution in [0.1, 0.15) is 5.56 Å². The molecule has 0 saturated carbocycles. The van der Waals surface area contributed by atoms with Crippen molar-refractivity contribution in [1.82, 2.24) is 4.72 Å². The van der Waals surface area contributed by atoms with E-state index >= 15 is 0 Å². The lowest BCUT2D eigenvalue weighted by Crippen LogP contribution is -2.20. The van der Waals surface area contributed by atoms with Crippen molar-refractivity contribution < 1.29 is 21.6 Å². The summed E-state index contributed by atoms with van der Waals surface area (Å²) in [6.45, 7) is 0. The maximum atomic E-state index is 12.7. The first-order valence-electron chi connectivity index (χ1n) is 3.90. The third-order valence-corrected chi connectivity index (χ3v) is 3.05. The molecular weight excluding hydrogens is 231 g/mol. The van der Waals surface area contributed by atoms with Crippen LogP contribution in [-0.4, -0.2) is 15.5 Å². The van der Waals surface area contributed by atoms with Gasteiger partial charge >= 0.3 is 0 Å². The zero-order chi connectivity index (χ0) is 11.6. The van der Waals surface area contributed by atoms with Crippen molar-refractivity contribution in [2.75, 3.05) is 7.05 Å². The minimum atomic E-state index is -3.62. The summed E-state index contributed by atoms with van der Waals surface area (Å²) in [6.07, 6.45) is 0. The van der Waals surface area contributed by atoms with Gasteiger partial charge in [-0.1, -0.05) is 0 Å². The molecule has 0 aliphatic heterocycles. The summed E-state index contributed by atoms with van der Waals surface area (Å²) in [5.74, 6) is -5.02. The molecule has 3 nitrogen and oxygen atoms in total. The lowest BCUT2D eigenvalue weighted by Gasteiger charge is -2.03. The summed E-state index contributed by atoms with van der Waals surface area (Å²) in [7, 11) is -2.45. The number of nitrogens with one attached hydrogen (secondary N) is 1. The Hall–Kier alpha value is -1.08. The fourth-order valence-corrected chi connectivity index (χ4v) is 1.73. The summed E-state index contributed by atoms with van der Waals surface area (Å²) in [4.78, 5) is 0. The Bertz CT molecular complexity index is 450. The number of hydrogen-bond donors (Lipinski definition) is 1. The van der Waals surface area contributed by atoms with Crippen LogP contribution in [0, 0.1) is 17.5 Å². The first-order chi connectivity index (χ1) is 6.85. The molecule has 7 heteroatoms. The lowest BCUT2D eigenvalue weighted by atomic mass is 10.2. The largest absolute Gasteiger partial charge is 0.218 e. The third kappa shape index (κ3) is 2.93. The van der Waals surface area contributed by atoms with Crippen LogP contribution in [0.2, 0.25) is 0 Å². The average molecular weight is 239 g/mol. The van der Waals surface area contributed by atoms with Crippen LogP contribution in [0.25, 0.3) is 0 Å². The molecule has 1 aromatic rings. The first-order valence-corrected chi connectivity index (χ1v) is 5.55. The third-order valence-electron chi connectivity index (χ3n) is 1.71. The number of benzene rings is 1. The Morgan fingerprint density at radius 2 is 1.67 bits per heavy atom. The van der Waals surface area contributed by atoms with E-state index in [1.165, 1.54) is 7.05 Å². The standard InChI is InChI=1S/C8H8F3NO2S/c1-12-15(13,14)4-5-2-6(9)8(11)7(10)3-5/h2-3,12H,4H2,1H3. The van der Waals surface area contributed by atoms with Gasteiger partial charge < -0.3 is 0 Å². The van der Waals surface area contributed by atoms with Crippen LogP contribution < -0.4 is 4.72 Å². The van der Waals surface area contributed by atoms with Gasteiger partial charge in [-0.25, -0.2) is 26.3 Å². The van der Waals surface area contributed by atoms with Gasteiger partial charge in [0, 0.05) is 0 Å². The fourth-order valence-electron chi connectivity index (χ4n) is 0.983. The molecule has 0 fully saturated rings. The molecule has 0 heterocycles. The van der Waals surface area contributed by atoms with Crippen molar-refractivity contribution >= 4 is 10.0 Å². The molecule has 0 aliphatic carbocycles. The van der Waals surface area contributed by atoms with E-state index in [1.54, 1.807) is 0 Å². The van der Waals surface area contributed by atoms with Crippen molar-refractivity contribution in [2.24, 2.45) is 0 Å². The number of rotatable bonds is 3. The average Bonchev–Trinajstić information content (AvgIpc) is 2.13. The van der Waals surface area contributed by atoms with Gasteiger partial charge in [0.25, 0.3) is 0 Å². The van der Waals surface area contributed by atoms with Crippen LogP contribution in [0.3, 0.4) is 0 Å². The predicted molar refractivity (Wildman–Crippen MR) is 48.0 cm³/mol.